The van der Waals surface area contributed by atoms with Crippen LogP contribution >= 0.6 is 11.3 Å². The van der Waals surface area contributed by atoms with Crippen LogP contribution in [0.3, 0.4) is 0 Å². The number of rotatable bonds is 3. The predicted octanol–water partition coefficient (Wildman–Crippen LogP) is 11.3. The zero-order valence-electron chi connectivity index (χ0n) is 28.4. The van der Waals surface area contributed by atoms with Gasteiger partial charge in [-0.3, -0.25) is 4.99 Å². The topological polar surface area (TPSA) is 42.5 Å². The molecule has 8 aromatic carbocycles. The smallest absolute Gasteiger partial charge is 0.146 e. The van der Waals surface area contributed by atoms with Gasteiger partial charge in [0, 0.05) is 48.3 Å². The van der Waals surface area contributed by atoms with Crippen LogP contribution in [-0.4, -0.2) is 4.57 Å². The van der Waals surface area contributed by atoms with Crippen LogP contribution in [0, 0.1) is 0 Å². The summed E-state index contributed by atoms with van der Waals surface area (Å²) in [5.41, 5.74) is 8.55. The molecule has 11 aromatic rings. The van der Waals surface area contributed by atoms with Crippen molar-refractivity contribution in [1.82, 2.24) is 9.88 Å². The molecular formula is C48H29N3OS. The molecule has 1 aliphatic rings. The van der Waals surface area contributed by atoms with E-state index in [2.05, 4.69) is 174 Å². The van der Waals surface area contributed by atoms with Crippen LogP contribution in [-0.2, 0) is 0 Å². The molecule has 0 bridgehead atoms. The minimum Gasteiger partial charge on any atom is -0.455 e. The van der Waals surface area contributed by atoms with Crippen molar-refractivity contribution in [2.24, 2.45) is 4.99 Å². The number of furan rings is 1. The van der Waals surface area contributed by atoms with Gasteiger partial charge in [-0.2, -0.15) is 0 Å². The maximum Gasteiger partial charge on any atom is 0.146 e. The molecule has 0 saturated carbocycles. The van der Waals surface area contributed by atoms with E-state index in [1.54, 1.807) is 11.3 Å². The van der Waals surface area contributed by atoms with E-state index in [4.69, 9.17) is 9.41 Å². The Kier molecular flexibility index (Phi) is 5.96. The van der Waals surface area contributed by atoms with E-state index in [0.29, 0.717) is 0 Å². The molecule has 0 fully saturated rings. The lowest BCUT2D eigenvalue weighted by Crippen LogP contribution is -2.37. The Hall–Kier alpha value is -6.69. The fraction of sp³-hybridized carbons (Fsp3) is 0.0208. The standard InChI is InChI=1S/C48H29N3OS/c1-2-13-29(14-3-1)44-47-45(35-19-9-11-21-41(35)53-47)50-48(49-44)37-26-30-15-5-7-17-33(30)46-43(37)36-27-31(23-25-40(36)52-46)51-38-20-10-8-18-34(38)42-32-16-6-4-12-28(32)22-24-39(42)51/h1-27,48-49H. The first kappa shape index (κ1) is 28.9. The molecule has 0 amide bonds. The summed E-state index contributed by atoms with van der Waals surface area (Å²) in [5.74, 6) is 0. The lowest BCUT2D eigenvalue weighted by Gasteiger charge is -2.23. The zero-order chi connectivity index (χ0) is 34.6. The third kappa shape index (κ3) is 4.14. The normalized spacial score (nSPS) is 14.5. The van der Waals surface area contributed by atoms with Gasteiger partial charge in [-0.15, -0.1) is 11.3 Å². The Bertz CT molecular complexity index is 3440. The highest BCUT2D eigenvalue weighted by Gasteiger charge is 2.26. The fourth-order valence-corrected chi connectivity index (χ4v) is 9.84. The lowest BCUT2D eigenvalue weighted by molar-refractivity contribution is 0.642. The van der Waals surface area contributed by atoms with E-state index >= 15 is 0 Å². The number of aromatic nitrogens is 1. The monoisotopic (exact) mass is 695 g/mol. The van der Waals surface area contributed by atoms with Gasteiger partial charge in [0.15, 0.2) is 0 Å². The van der Waals surface area contributed by atoms with Crippen molar-refractivity contribution in [1.29, 1.82) is 0 Å². The van der Waals surface area contributed by atoms with Crippen molar-refractivity contribution in [3.8, 4) is 5.69 Å². The molecule has 0 radical (unpaired) electrons. The molecule has 3 aromatic heterocycles. The molecule has 248 valence electrons. The van der Waals surface area contributed by atoms with Crippen molar-refractivity contribution in [2.45, 2.75) is 6.17 Å². The molecule has 1 unspecified atom stereocenters. The average molecular weight is 696 g/mol. The molecule has 1 N–H and O–H groups in total. The highest BCUT2D eigenvalue weighted by atomic mass is 32.1. The van der Waals surface area contributed by atoms with Crippen LogP contribution < -0.4 is 15.2 Å². The van der Waals surface area contributed by atoms with Crippen molar-refractivity contribution < 1.29 is 4.42 Å². The summed E-state index contributed by atoms with van der Waals surface area (Å²) in [6.07, 6.45) is -0.341. The summed E-state index contributed by atoms with van der Waals surface area (Å²) in [5, 5.41) is 15.6. The van der Waals surface area contributed by atoms with Crippen molar-refractivity contribution in [2.75, 3.05) is 0 Å². The SMILES string of the molecule is c1ccc(C2=c3sc4ccccc4c3=NC(c3cc4ccccc4c4oc5ccc(-n6c7ccccc7c7c8ccccc8ccc76)cc5c34)N2)cc1. The molecular weight excluding hydrogens is 667 g/mol. The summed E-state index contributed by atoms with van der Waals surface area (Å²) < 4.78 is 11.7. The summed E-state index contributed by atoms with van der Waals surface area (Å²) in [6.45, 7) is 0. The molecule has 0 saturated heterocycles. The highest BCUT2D eigenvalue weighted by molar-refractivity contribution is 7.17. The van der Waals surface area contributed by atoms with Gasteiger partial charge in [-0.1, -0.05) is 121 Å². The Balaban J connectivity index is 1.16. The number of hydrogen-bond acceptors (Lipinski definition) is 4. The fourth-order valence-electron chi connectivity index (χ4n) is 8.66. The summed E-state index contributed by atoms with van der Waals surface area (Å²) in [7, 11) is 0. The van der Waals surface area contributed by atoms with Crippen LogP contribution in [0.5, 0.6) is 0 Å². The first-order valence-corrected chi connectivity index (χ1v) is 18.8. The number of benzene rings is 8. The van der Waals surface area contributed by atoms with Crippen LogP contribution in [0.2, 0.25) is 0 Å². The third-order valence-electron chi connectivity index (χ3n) is 11.0. The highest BCUT2D eigenvalue weighted by Crippen LogP contribution is 2.42. The van der Waals surface area contributed by atoms with Crippen LogP contribution in [0.4, 0.5) is 0 Å². The zero-order valence-corrected chi connectivity index (χ0v) is 29.2. The second-order valence-corrected chi connectivity index (χ2v) is 15.0. The number of thiophene rings is 1. The second-order valence-electron chi connectivity index (χ2n) is 13.9. The summed E-state index contributed by atoms with van der Waals surface area (Å²) in [6, 6.07) is 58.7. The van der Waals surface area contributed by atoms with E-state index in [9.17, 15) is 0 Å². The number of para-hydroxylation sites is 1. The average Bonchev–Trinajstić information content (AvgIpc) is 3.90. The van der Waals surface area contributed by atoms with Gasteiger partial charge >= 0.3 is 0 Å². The maximum absolute atomic E-state index is 6.85. The largest absolute Gasteiger partial charge is 0.455 e. The van der Waals surface area contributed by atoms with Crippen molar-refractivity contribution in [3.63, 3.8) is 0 Å². The molecule has 12 rings (SSSR count). The van der Waals surface area contributed by atoms with Crippen LogP contribution in [0.25, 0.3) is 86.8 Å². The molecule has 0 spiro atoms. The molecule has 1 aliphatic heterocycles. The van der Waals surface area contributed by atoms with Gasteiger partial charge < -0.3 is 14.3 Å². The van der Waals surface area contributed by atoms with Gasteiger partial charge in [-0.05, 0) is 64.2 Å². The van der Waals surface area contributed by atoms with Gasteiger partial charge in [0.2, 0.25) is 0 Å². The Labute approximate surface area is 307 Å². The first-order valence-electron chi connectivity index (χ1n) is 18.0. The van der Waals surface area contributed by atoms with E-state index in [1.165, 1.54) is 47.2 Å². The minimum absolute atomic E-state index is 0.341. The van der Waals surface area contributed by atoms with Gasteiger partial charge in [-0.25, -0.2) is 0 Å². The number of nitrogens with zero attached hydrogens (tertiary/aromatic N) is 2. The Morgan fingerprint density at radius 2 is 1.30 bits per heavy atom. The second kappa shape index (κ2) is 10.9. The predicted molar refractivity (Wildman–Crippen MR) is 221 cm³/mol. The van der Waals surface area contributed by atoms with E-state index < -0.39 is 0 Å². The quantitative estimate of drug-likeness (QED) is 0.200. The lowest BCUT2D eigenvalue weighted by atomic mass is 9.97. The summed E-state index contributed by atoms with van der Waals surface area (Å²) in [4.78, 5) is 5.54. The van der Waals surface area contributed by atoms with Crippen molar-refractivity contribution in [3.05, 3.63) is 185 Å². The van der Waals surface area contributed by atoms with E-state index in [-0.39, 0.29) is 6.17 Å². The molecule has 53 heavy (non-hydrogen) atoms. The number of hydrogen-bond donors (Lipinski definition) is 1. The maximum atomic E-state index is 6.85. The Morgan fingerprint density at radius 3 is 2.19 bits per heavy atom. The van der Waals surface area contributed by atoms with Crippen LogP contribution in [0.1, 0.15) is 17.3 Å². The molecule has 0 aliphatic carbocycles. The summed E-state index contributed by atoms with van der Waals surface area (Å²) >= 11 is 1.80. The van der Waals surface area contributed by atoms with Gasteiger partial charge in [0.25, 0.3) is 0 Å². The molecule has 4 nitrogen and oxygen atoms in total. The van der Waals surface area contributed by atoms with E-state index in [1.807, 2.05) is 0 Å². The molecule has 1 atom stereocenters. The minimum atomic E-state index is -0.341. The van der Waals surface area contributed by atoms with E-state index in [0.717, 1.165) is 60.6 Å². The van der Waals surface area contributed by atoms with Crippen LogP contribution in [0.15, 0.2) is 173 Å². The Morgan fingerprint density at radius 1 is 0.566 bits per heavy atom. The molecule has 5 heteroatoms. The number of nitrogens with one attached hydrogen (secondary N) is 1. The van der Waals surface area contributed by atoms with Crippen molar-refractivity contribution >= 4 is 92.4 Å². The van der Waals surface area contributed by atoms with Gasteiger partial charge in [0.1, 0.15) is 17.3 Å². The van der Waals surface area contributed by atoms with Gasteiger partial charge in [0.05, 0.1) is 26.6 Å². The molecule has 4 heterocycles. The third-order valence-corrected chi connectivity index (χ3v) is 12.2. The first-order chi connectivity index (χ1) is 26.3. The number of fused-ring (bicyclic) bond motifs is 13.